The maximum Gasteiger partial charge on any atom is 0.282 e. The summed E-state index contributed by atoms with van der Waals surface area (Å²) in [5, 5.41) is 18.1. The number of rotatable bonds is 8. The third-order valence-electron chi connectivity index (χ3n) is 7.39. The maximum absolute atomic E-state index is 13.0. The van der Waals surface area contributed by atoms with E-state index in [0.717, 1.165) is 33.9 Å². The quantitative estimate of drug-likeness (QED) is 0.205. The summed E-state index contributed by atoms with van der Waals surface area (Å²) in [6.45, 7) is 7.64. The lowest BCUT2D eigenvalue weighted by molar-refractivity contribution is -0.115. The Labute approximate surface area is 261 Å². The molecule has 0 fully saturated rings. The molecule has 45 heavy (non-hydrogen) atoms. The van der Waals surface area contributed by atoms with E-state index in [4.69, 9.17) is 4.74 Å². The average molecular weight is 597 g/mol. The molecule has 4 aromatic carbocycles. The first-order chi connectivity index (χ1) is 21.7. The summed E-state index contributed by atoms with van der Waals surface area (Å²) in [5.41, 5.74) is 7.60. The van der Waals surface area contributed by atoms with Crippen molar-refractivity contribution in [3.8, 4) is 11.5 Å². The molecule has 2 aliphatic rings. The van der Waals surface area contributed by atoms with Crippen LogP contribution in [0.15, 0.2) is 131 Å². The van der Waals surface area contributed by atoms with Crippen molar-refractivity contribution < 1.29 is 14.3 Å². The molecule has 4 aromatic rings. The van der Waals surface area contributed by atoms with E-state index in [1.807, 2.05) is 125 Å². The van der Waals surface area contributed by atoms with Crippen LogP contribution in [0.1, 0.15) is 25.0 Å². The predicted molar refractivity (Wildman–Crippen MR) is 180 cm³/mol. The first-order valence-corrected chi connectivity index (χ1v) is 14.5. The molecule has 0 spiro atoms. The number of hydrogen-bond acceptors (Lipinski definition) is 7. The van der Waals surface area contributed by atoms with E-state index in [1.54, 1.807) is 12.4 Å². The predicted octanol–water partition coefficient (Wildman–Crippen LogP) is 7.53. The smallest absolute Gasteiger partial charge is 0.282 e. The third-order valence-corrected chi connectivity index (χ3v) is 7.39. The molecular formula is C36H32N6O3. The van der Waals surface area contributed by atoms with Crippen molar-refractivity contribution in [2.24, 2.45) is 10.2 Å². The second-order valence-electron chi connectivity index (χ2n) is 10.8. The number of benzene rings is 4. The highest BCUT2D eigenvalue weighted by Gasteiger charge is 2.29. The summed E-state index contributed by atoms with van der Waals surface area (Å²) < 4.78 is 6.01. The number of carbonyl (C=O) groups is 2. The lowest BCUT2D eigenvalue weighted by Gasteiger charge is -2.12. The Bertz CT molecular complexity index is 1730. The standard InChI is InChI=1S/C36H32N6O3/c1-23-5-13-29(14-6-23)41-35(43)33(25(3)39-41)21-37-27-9-17-31(18-10-27)45-32-19-11-28(12-20-32)38-22-34-26(4)40-42(36(34)44)30-15-7-24(2)8-16-30/h5-22,37-38H,1-4H3/b33-21-,34-22+. The minimum atomic E-state index is -0.180. The normalized spacial score (nSPS) is 16.4. The summed E-state index contributed by atoms with van der Waals surface area (Å²) in [6.07, 6.45) is 3.36. The van der Waals surface area contributed by atoms with Crippen LogP contribution in [0.5, 0.6) is 11.5 Å². The Balaban J connectivity index is 1.04. The molecule has 0 saturated carbocycles. The van der Waals surface area contributed by atoms with E-state index in [9.17, 15) is 9.59 Å². The minimum absolute atomic E-state index is 0.180. The number of ether oxygens (including phenoxy) is 1. The fraction of sp³-hybridized carbons (Fsp3) is 0.111. The average Bonchev–Trinajstić information content (AvgIpc) is 3.49. The van der Waals surface area contributed by atoms with Crippen LogP contribution in [0.2, 0.25) is 0 Å². The molecule has 0 unspecified atom stereocenters. The van der Waals surface area contributed by atoms with E-state index >= 15 is 0 Å². The Morgan fingerprint density at radius 2 is 0.889 bits per heavy atom. The number of carbonyl (C=O) groups excluding carboxylic acids is 2. The second kappa shape index (κ2) is 12.3. The molecule has 0 bridgehead atoms. The highest BCUT2D eigenvalue weighted by Crippen LogP contribution is 2.28. The van der Waals surface area contributed by atoms with E-state index in [2.05, 4.69) is 20.8 Å². The molecule has 0 aliphatic carbocycles. The molecule has 2 heterocycles. The Kier molecular flexibility index (Phi) is 7.99. The topological polar surface area (TPSA) is 98.6 Å². The van der Waals surface area contributed by atoms with Gasteiger partial charge in [0, 0.05) is 23.8 Å². The number of nitrogens with one attached hydrogen (secondary N) is 2. The van der Waals surface area contributed by atoms with Crippen LogP contribution in [-0.2, 0) is 9.59 Å². The van der Waals surface area contributed by atoms with Crippen LogP contribution in [0.4, 0.5) is 22.7 Å². The van der Waals surface area contributed by atoms with E-state index in [-0.39, 0.29) is 11.8 Å². The summed E-state index contributed by atoms with van der Waals surface area (Å²) in [7, 11) is 0. The van der Waals surface area contributed by atoms with Crippen LogP contribution in [0, 0.1) is 13.8 Å². The summed E-state index contributed by atoms with van der Waals surface area (Å²) in [4.78, 5) is 25.9. The van der Waals surface area contributed by atoms with Crippen molar-refractivity contribution in [3.63, 3.8) is 0 Å². The van der Waals surface area contributed by atoms with Crippen molar-refractivity contribution >= 4 is 46.0 Å². The number of hydrogen-bond donors (Lipinski definition) is 2. The number of hydrazone groups is 2. The third kappa shape index (κ3) is 6.37. The van der Waals surface area contributed by atoms with Crippen LogP contribution in [0.3, 0.4) is 0 Å². The zero-order valence-electron chi connectivity index (χ0n) is 25.4. The summed E-state index contributed by atoms with van der Waals surface area (Å²) in [6, 6.07) is 30.3. The molecule has 9 nitrogen and oxygen atoms in total. The van der Waals surface area contributed by atoms with Gasteiger partial charge in [-0.05, 0) is 100 Å². The van der Waals surface area contributed by atoms with Gasteiger partial charge in [-0.15, -0.1) is 0 Å². The molecule has 2 aliphatic heterocycles. The molecular weight excluding hydrogens is 564 g/mol. The zero-order chi connectivity index (χ0) is 31.5. The van der Waals surface area contributed by atoms with Crippen molar-refractivity contribution in [2.45, 2.75) is 27.7 Å². The van der Waals surface area contributed by atoms with Crippen molar-refractivity contribution in [3.05, 3.63) is 132 Å². The largest absolute Gasteiger partial charge is 0.457 e. The first kappa shape index (κ1) is 29.1. The fourth-order valence-electron chi connectivity index (χ4n) is 4.78. The van der Waals surface area contributed by atoms with Gasteiger partial charge in [-0.1, -0.05) is 35.4 Å². The monoisotopic (exact) mass is 596 g/mol. The highest BCUT2D eigenvalue weighted by molar-refractivity contribution is 6.30. The van der Waals surface area contributed by atoms with Crippen molar-refractivity contribution in [1.82, 2.24) is 0 Å². The van der Waals surface area contributed by atoms with Crippen LogP contribution in [-0.4, -0.2) is 23.2 Å². The number of amides is 2. The first-order valence-electron chi connectivity index (χ1n) is 14.5. The highest BCUT2D eigenvalue weighted by atomic mass is 16.5. The molecule has 2 N–H and O–H groups in total. The van der Waals surface area contributed by atoms with Gasteiger partial charge in [-0.3, -0.25) is 9.59 Å². The van der Waals surface area contributed by atoms with Crippen LogP contribution < -0.4 is 25.4 Å². The molecule has 6 rings (SSSR count). The molecule has 9 heteroatoms. The molecule has 0 atom stereocenters. The second-order valence-corrected chi connectivity index (χ2v) is 10.8. The van der Waals surface area contributed by atoms with Gasteiger partial charge in [0.2, 0.25) is 0 Å². The lowest BCUT2D eigenvalue weighted by Crippen LogP contribution is -2.21. The Morgan fingerprint density at radius 1 is 0.533 bits per heavy atom. The Morgan fingerprint density at radius 3 is 1.24 bits per heavy atom. The SMILES string of the molecule is CC1=NN(c2ccc(C)cc2)C(=O)/C1=C\Nc1ccc(Oc2ccc(N/C=C3/C(=O)N(c4ccc(C)cc4)N=C3C)cc2)cc1. The van der Waals surface area contributed by atoms with Crippen LogP contribution >= 0.6 is 0 Å². The molecule has 0 saturated heterocycles. The van der Waals surface area contributed by atoms with Gasteiger partial charge in [0.1, 0.15) is 11.5 Å². The number of anilines is 4. The van der Waals surface area contributed by atoms with Crippen molar-refractivity contribution in [1.29, 1.82) is 0 Å². The molecule has 224 valence electrons. The van der Waals surface area contributed by atoms with Gasteiger partial charge >= 0.3 is 0 Å². The fourth-order valence-corrected chi connectivity index (χ4v) is 4.78. The summed E-state index contributed by atoms with van der Waals surface area (Å²) >= 11 is 0. The van der Waals surface area contributed by atoms with Gasteiger partial charge < -0.3 is 15.4 Å². The number of nitrogens with zero attached hydrogens (tertiary/aromatic N) is 4. The van der Waals surface area contributed by atoms with Crippen molar-refractivity contribution in [2.75, 3.05) is 20.7 Å². The van der Waals surface area contributed by atoms with Gasteiger partial charge in [-0.2, -0.15) is 20.2 Å². The van der Waals surface area contributed by atoms with E-state index in [0.29, 0.717) is 34.1 Å². The zero-order valence-corrected chi connectivity index (χ0v) is 25.4. The lowest BCUT2D eigenvalue weighted by atomic mass is 10.2. The van der Waals surface area contributed by atoms with Gasteiger partial charge in [0.25, 0.3) is 11.8 Å². The molecule has 0 radical (unpaired) electrons. The minimum Gasteiger partial charge on any atom is -0.457 e. The summed E-state index contributed by atoms with van der Waals surface area (Å²) in [5.74, 6) is 0.965. The maximum atomic E-state index is 13.0. The van der Waals surface area contributed by atoms with E-state index < -0.39 is 0 Å². The van der Waals surface area contributed by atoms with Crippen LogP contribution in [0.25, 0.3) is 0 Å². The van der Waals surface area contributed by atoms with E-state index in [1.165, 1.54) is 10.0 Å². The molecule has 2 amide bonds. The van der Waals surface area contributed by atoms with Gasteiger partial charge in [0.05, 0.1) is 33.9 Å². The van der Waals surface area contributed by atoms with Gasteiger partial charge in [-0.25, -0.2) is 0 Å². The Hall–Kier alpha value is -5.96. The molecule has 0 aromatic heterocycles. The number of aryl methyl sites for hydroxylation is 2. The van der Waals surface area contributed by atoms with Gasteiger partial charge in [0.15, 0.2) is 0 Å².